The number of quaternary nitrogens is 1. The first-order valence-electron chi connectivity index (χ1n) is 11.1. The molecule has 0 saturated heterocycles. The zero-order chi connectivity index (χ0) is 21.6. The number of halogens is 1. The van der Waals surface area contributed by atoms with Crippen molar-refractivity contribution < 1.29 is 21.9 Å². The summed E-state index contributed by atoms with van der Waals surface area (Å²) >= 11 is 0. The van der Waals surface area contributed by atoms with Gasteiger partial charge in [-0.3, -0.25) is 4.48 Å². The average Bonchev–Trinajstić information content (AvgIpc) is 2.65. The Hall–Kier alpha value is -1.71. The lowest BCUT2D eigenvalue weighted by Crippen LogP contribution is -3.00. The maximum absolute atomic E-state index is 6.56. The Labute approximate surface area is 190 Å². The van der Waals surface area contributed by atoms with Crippen molar-refractivity contribution in [1.29, 1.82) is 0 Å². The van der Waals surface area contributed by atoms with E-state index in [4.69, 9.17) is 9.47 Å². The molecule has 0 unspecified atom stereocenters. The van der Waals surface area contributed by atoms with E-state index in [1.54, 1.807) is 0 Å². The molecule has 0 aliphatic rings. The molecule has 0 amide bonds. The minimum absolute atomic E-state index is 0. The predicted octanol–water partition coefficient (Wildman–Crippen LogP) is 3.87. The van der Waals surface area contributed by atoms with Gasteiger partial charge in [-0.1, -0.05) is 45.9 Å². The third-order valence-electron chi connectivity index (χ3n) is 5.38. The first-order valence-corrected chi connectivity index (χ1v) is 11.1. The molecule has 0 N–H and O–H groups in total. The van der Waals surface area contributed by atoms with Crippen LogP contribution in [0.2, 0.25) is 0 Å². The molecule has 4 heteroatoms. The van der Waals surface area contributed by atoms with Crippen LogP contribution in [0.3, 0.4) is 0 Å². The molecule has 0 aromatic heterocycles. The van der Waals surface area contributed by atoms with Gasteiger partial charge in [0.2, 0.25) is 5.75 Å². The summed E-state index contributed by atoms with van der Waals surface area (Å²) in [4.78, 5) is 0. The van der Waals surface area contributed by atoms with Gasteiger partial charge in [-0.05, 0) is 61.8 Å². The van der Waals surface area contributed by atoms with Gasteiger partial charge in [0.1, 0.15) is 5.75 Å². The van der Waals surface area contributed by atoms with E-state index in [0.29, 0.717) is 18.4 Å². The zero-order valence-electron chi connectivity index (χ0n) is 20.1. The molecule has 0 saturated carbocycles. The fraction of sp³-hybridized carbons (Fsp3) is 0.538. The molecule has 0 radical (unpaired) electrons. The molecular formula is C26H40ClNO2. The SMILES string of the molecule is CCOc1c(Oc2cccc(CC(C)C)c2CC(C)C)cccc1[N+](C)(C)CC.[Cl-]. The summed E-state index contributed by atoms with van der Waals surface area (Å²) in [6.07, 6.45) is 2.08. The Morgan fingerprint density at radius 2 is 1.43 bits per heavy atom. The van der Waals surface area contributed by atoms with Crippen molar-refractivity contribution in [1.82, 2.24) is 4.48 Å². The molecule has 168 valence electrons. The van der Waals surface area contributed by atoms with E-state index in [1.165, 1.54) is 11.1 Å². The van der Waals surface area contributed by atoms with Crippen molar-refractivity contribution in [3.05, 3.63) is 47.5 Å². The van der Waals surface area contributed by atoms with Crippen molar-refractivity contribution in [2.24, 2.45) is 11.8 Å². The molecule has 0 heterocycles. The fourth-order valence-corrected chi connectivity index (χ4v) is 3.62. The summed E-state index contributed by atoms with van der Waals surface area (Å²) < 4.78 is 13.4. The van der Waals surface area contributed by atoms with E-state index in [2.05, 4.69) is 79.0 Å². The van der Waals surface area contributed by atoms with Crippen LogP contribution in [0.5, 0.6) is 17.2 Å². The van der Waals surface area contributed by atoms with Crippen LogP contribution >= 0.6 is 0 Å². The van der Waals surface area contributed by atoms with Crippen molar-refractivity contribution in [2.45, 2.75) is 54.4 Å². The first kappa shape index (κ1) is 26.3. The maximum Gasteiger partial charge on any atom is 0.223 e. The molecule has 30 heavy (non-hydrogen) atoms. The Balaban J connectivity index is 0.00000450. The lowest BCUT2D eigenvalue weighted by molar-refractivity contribution is -0.00000755. The normalized spacial score (nSPS) is 11.5. The van der Waals surface area contributed by atoms with Crippen LogP contribution in [-0.4, -0.2) is 27.2 Å². The molecule has 2 aromatic carbocycles. The highest BCUT2D eigenvalue weighted by atomic mass is 35.5. The number of ether oxygens (including phenoxy) is 2. The second-order valence-corrected chi connectivity index (χ2v) is 9.23. The van der Waals surface area contributed by atoms with Crippen LogP contribution in [0.1, 0.15) is 52.7 Å². The summed E-state index contributed by atoms with van der Waals surface area (Å²) in [5.74, 6) is 3.79. The van der Waals surface area contributed by atoms with Crippen molar-refractivity contribution in [3.63, 3.8) is 0 Å². The topological polar surface area (TPSA) is 18.5 Å². The second-order valence-electron chi connectivity index (χ2n) is 9.23. The Morgan fingerprint density at radius 1 is 0.833 bits per heavy atom. The summed E-state index contributed by atoms with van der Waals surface area (Å²) in [7, 11) is 4.41. The molecule has 0 bridgehead atoms. The minimum atomic E-state index is 0. The van der Waals surface area contributed by atoms with E-state index >= 15 is 0 Å². The number of rotatable bonds is 10. The third kappa shape index (κ3) is 6.65. The molecule has 0 spiro atoms. The Morgan fingerprint density at radius 3 is 2.00 bits per heavy atom. The standard InChI is InChI=1S/C26H40NO2.ClH/c1-9-27(7,8)23-14-12-16-25(26(23)28-10-2)29-24-15-11-13-21(17-19(3)4)22(24)18-20(5)6;/h11-16,19-20H,9-10,17-18H2,1-8H3;1H/q+1;/p-1. The van der Waals surface area contributed by atoms with Gasteiger partial charge < -0.3 is 21.9 Å². The zero-order valence-corrected chi connectivity index (χ0v) is 20.8. The van der Waals surface area contributed by atoms with E-state index in [9.17, 15) is 0 Å². The highest BCUT2D eigenvalue weighted by Crippen LogP contribution is 2.43. The number of hydrogen-bond donors (Lipinski definition) is 0. The maximum atomic E-state index is 6.56. The molecular weight excluding hydrogens is 394 g/mol. The molecule has 0 aliphatic heterocycles. The first-order chi connectivity index (χ1) is 13.7. The number of para-hydroxylation sites is 1. The van der Waals surface area contributed by atoms with Gasteiger partial charge in [0.15, 0.2) is 11.4 Å². The van der Waals surface area contributed by atoms with E-state index in [1.807, 2.05) is 13.0 Å². The van der Waals surface area contributed by atoms with Gasteiger partial charge >= 0.3 is 0 Å². The monoisotopic (exact) mass is 433 g/mol. The average molecular weight is 434 g/mol. The molecule has 2 rings (SSSR count). The summed E-state index contributed by atoms with van der Waals surface area (Å²) in [5.41, 5.74) is 3.87. The minimum Gasteiger partial charge on any atom is -1.00 e. The van der Waals surface area contributed by atoms with Crippen LogP contribution < -0.4 is 26.4 Å². The summed E-state index contributed by atoms with van der Waals surface area (Å²) in [5, 5.41) is 0. The van der Waals surface area contributed by atoms with Gasteiger partial charge in [-0.25, -0.2) is 0 Å². The van der Waals surface area contributed by atoms with Gasteiger partial charge in [0.25, 0.3) is 0 Å². The smallest absolute Gasteiger partial charge is 0.223 e. The largest absolute Gasteiger partial charge is 1.00 e. The molecule has 0 atom stereocenters. The summed E-state index contributed by atoms with van der Waals surface area (Å²) in [6.45, 7) is 14.9. The Kier molecular flexibility index (Phi) is 10.2. The number of hydrogen-bond acceptors (Lipinski definition) is 2. The quantitative estimate of drug-likeness (QED) is 0.529. The molecule has 3 nitrogen and oxygen atoms in total. The lowest BCUT2D eigenvalue weighted by atomic mass is 9.92. The van der Waals surface area contributed by atoms with Crippen LogP contribution in [0.4, 0.5) is 5.69 Å². The predicted molar refractivity (Wildman–Crippen MR) is 125 cm³/mol. The van der Waals surface area contributed by atoms with Crippen LogP contribution in [0.25, 0.3) is 0 Å². The van der Waals surface area contributed by atoms with Gasteiger partial charge in [-0.15, -0.1) is 0 Å². The second kappa shape index (κ2) is 11.6. The van der Waals surface area contributed by atoms with Crippen LogP contribution in [0, 0.1) is 11.8 Å². The fourth-order valence-electron chi connectivity index (χ4n) is 3.62. The van der Waals surface area contributed by atoms with Gasteiger partial charge in [-0.2, -0.15) is 0 Å². The van der Waals surface area contributed by atoms with Crippen molar-refractivity contribution in [3.8, 4) is 17.2 Å². The lowest BCUT2D eigenvalue weighted by Gasteiger charge is -2.30. The van der Waals surface area contributed by atoms with E-state index < -0.39 is 0 Å². The molecule has 0 fully saturated rings. The van der Waals surface area contributed by atoms with Gasteiger partial charge in [0, 0.05) is 6.07 Å². The van der Waals surface area contributed by atoms with Crippen molar-refractivity contribution >= 4 is 5.69 Å². The van der Waals surface area contributed by atoms with E-state index in [-0.39, 0.29) is 12.4 Å². The van der Waals surface area contributed by atoms with Gasteiger partial charge in [0.05, 0.1) is 27.2 Å². The Bertz CT molecular complexity index is 800. The number of nitrogens with zero attached hydrogens (tertiary/aromatic N) is 1. The van der Waals surface area contributed by atoms with Crippen LogP contribution in [0.15, 0.2) is 36.4 Å². The number of benzene rings is 2. The van der Waals surface area contributed by atoms with E-state index in [0.717, 1.165) is 46.8 Å². The highest BCUT2D eigenvalue weighted by Gasteiger charge is 2.26. The molecule has 0 aliphatic carbocycles. The summed E-state index contributed by atoms with van der Waals surface area (Å²) in [6, 6.07) is 12.7. The molecule has 2 aromatic rings. The highest BCUT2D eigenvalue weighted by molar-refractivity contribution is 5.63. The third-order valence-corrected chi connectivity index (χ3v) is 5.38. The van der Waals surface area contributed by atoms with Crippen LogP contribution in [-0.2, 0) is 12.8 Å². The van der Waals surface area contributed by atoms with Crippen molar-refractivity contribution in [2.75, 3.05) is 27.2 Å².